The zero-order chi connectivity index (χ0) is 15.0. The van der Waals surface area contributed by atoms with Crippen LogP contribution in [0.4, 0.5) is 5.69 Å². The van der Waals surface area contributed by atoms with Crippen LogP contribution in [0.2, 0.25) is 0 Å². The van der Waals surface area contributed by atoms with Crippen molar-refractivity contribution in [3.05, 3.63) is 45.5 Å². The smallest absolute Gasteiger partial charge is 0.130 e. The molecule has 0 bridgehead atoms. The third-order valence-electron chi connectivity index (χ3n) is 3.74. The number of fused-ring (bicyclic) bond motifs is 2. The average Bonchev–Trinajstić information content (AvgIpc) is 2.78. The highest BCUT2D eigenvalue weighted by Crippen LogP contribution is 2.35. The summed E-state index contributed by atoms with van der Waals surface area (Å²) >= 11 is 1.39. The Morgan fingerprint density at radius 3 is 2.95 bits per heavy atom. The number of pyridine rings is 1. The standard InChI is InChI=1S/C17H17N3S/c1-10(2)3-4-11-5-6-14-12(7-11)8-13-16(19)15(9-18)21-17(13)20-14/h3-4,8H,5-7,19H2,1-2H3/b11-4+. The number of hydrogen-bond donors (Lipinski definition) is 1. The summed E-state index contributed by atoms with van der Waals surface area (Å²) < 4.78 is 0. The lowest BCUT2D eigenvalue weighted by Crippen LogP contribution is -2.07. The minimum absolute atomic E-state index is 0.570. The molecule has 3 rings (SSSR count). The van der Waals surface area contributed by atoms with E-state index in [1.54, 1.807) is 0 Å². The molecule has 21 heavy (non-hydrogen) atoms. The second kappa shape index (κ2) is 5.34. The summed E-state index contributed by atoms with van der Waals surface area (Å²) in [7, 11) is 0. The molecular formula is C17H17N3S. The van der Waals surface area contributed by atoms with Crippen molar-refractivity contribution in [3.63, 3.8) is 0 Å². The third kappa shape index (κ3) is 2.57. The summed E-state index contributed by atoms with van der Waals surface area (Å²) in [6, 6.07) is 4.28. The molecule has 0 atom stereocenters. The first-order valence-electron chi connectivity index (χ1n) is 7.02. The predicted molar refractivity (Wildman–Crippen MR) is 88.3 cm³/mol. The van der Waals surface area contributed by atoms with Crippen molar-refractivity contribution >= 4 is 27.2 Å². The summed E-state index contributed by atoms with van der Waals surface area (Å²) in [4.78, 5) is 6.18. The first-order chi connectivity index (χ1) is 10.1. The Morgan fingerprint density at radius 2 is 2.24 bits per heavy atom. The molecule has 0 fully saturated rings. The van der Waals surface area contributed by atoms with Gasteiger partial charge in [0.1, 0.15) is 15.8 Å². The predicted octanol–water partition coefficient (Wildman–Crippen LogP) is 4.13. The summed E-state index contributed by atoms with van der Waals surface area (Å²) in [5.41, 5.74) is 11.8. The number of allylic oxidation sites excluding steroid dienone is 4. The van der Waals surface area contributed by atoms with Gasteiger partial charge in [-0.1, -0.05) is 23.3 Å². The van der Waals surface area contributed by atoms with E-state index in [9.17, 15) is 0 Å². The van der Waals surface area contributed by atoms with Crippen molar-refractivity contribution in [2.24, 2.45) is 0 Å². The van der Waals surface area contributed by atoms with Crippen molar-refractivity contribution in [2.75, 3.05) is 5.73 Å². The Labute approximate surface area is 128 Å². The van der Waals surface area contributed by atoms with Gasteiger partial charge >= 0.3 is 0 Å². The van der Waals surface area contributed by atoms with E-state index in [0.29, 0.717) is 10.6 Å². The monoisotopic (exact) mass is 295 g/mol. The van der Waals surface area contributed by atoms with Crippen molar-refractivity contribution < 1.29 is 0 Å². The molecule has 3 nitrogen and oxygen atoms in total. The Kier molecular flexibility index (Phi) is 3.52. The van der Waals surface area contributed by atoms with E-state index in [1.165, 1.54) is 28.0 Å². The molecule has 0 unspecified atom stereocenters. The maximum atomic E-state index is 9.09. The van der Waals surface area contributed by atoms with Crippen molar-refractivity contribution in [1.29, 1.82) is 5.26 Å². The van der Waals surface area contributed by atoms with E-state index in [-0.39, 0.29) is 0 Å². The van der Waals surface area contributed by atoms with Gasteiger partial charge in [0.15, 0.2) is 0 Å². The van der Waals surface area contributed by atoms with Gasteiger partial charge in [0.05, 0.1) is 5.69 Å². The number of aryl methyl sites for hydroxylation is 1. The van der Waals surface area contributed by atoms with Gasteiger partial charge in [-0.2, -0.15) is 5.26 Å². The fourth-order valence-corrected chi connectivity index (χ4v) is 3.50. The largest absolute Gasteiger partial charge is 0.396 e. The second-order valence-corrected chi connectivity index (χ2v) is 6.65. The normalized spacial score (nSPS) is 15.8. The molecule has 2 heterocycles. The summed E-state index contributed by atoms with van der Waals surface area (Å²) in [6.07, 6.45) is 7.34. The van der Waals surface area contributed by atoms with Gasteiger partial charge in [-0.15, -0.1) is 11.3 Å². The molecule has 0 spiro atoms. The van der Waals surface area contributed by atoms with Crippen LogP contribution in [0.3, 0.4) is 0 Å². The van der Waals surface area contributed by atoms with Crippen LogP contribution in [0.1, 0.15) is 36.4 Å². The van der Waals surface area contributed by atoms with E-state index >= 15 is 0 Å². The van der Waals surface area contributed by atoms with Crippen molar-refractivity contribution in [2.45, 2.75) is 33.1 Å². The highest BCUT2D eigenvalue weighted by Gasteiger charge is 2.18. The average molecular weight is 295 g/mol. The maximum absolute atomic E-state index is 9.09. The number of thiophene rings is 1. The van der Waals surface area contributed by atoms with Gasteiger partial charge in [-0.05, 0) is 44.7 Å². The van der Waals surface area contributed by atoms with Gasteiger partial charge in [0.25, 0.3) is 0 Å². The Bertz CT molecular complexity index is 815. The Hall–Kier alpha value is -2.12. The van der Waals surface area contributed by atoms with Gasteiger partial charge in [0.2, 0.25) is 0 Å². The topological polar surface area (TPSA) is 62.7 Å². The maximum Gasteiger partial charge on any atom is 0.130 e. The first kappa shape index (κ1) is 13.8. The van der Waals surface area contributed by atoms with Crippen LogP contribution in [-0.4, -0.2) is 4.98 Å². The van der Waals surface area contributed by atoms with E-state index in [1.807, 2.05) is 0 Å². The molecule has 0 amide bonds. The Morgan fingerprint density at radius 1 is 1.43 bits per heavy atom. The molecule has 106 valence electrons. The number of nitriles is 1. The van der Waals surface area contributed by atoms with Gasteiger partial charge in [0, 0.05) is 11.1 Å². The SMILES string of the molecule is CC(C)=C/C=C1\CCc2nc3sc(C#N)c(N)c3cc2C1. The minimum Gasteiger partial charge on any atom is -0.396 e. The molecule has 2 aromatic heterocycles. The van der Waals surface area contributed by atoms with Gasteiger partial charge < -0.3 is 5.73 Å². The molecule has 1 aliphatic rings. The van der Waals surface area contributed by atoms with Gasteiger partial charge in [-0.25, -0.2) is 4.98 Å². The lowest BCUT2D eigenvalue weighted by atomic mass is 9.90. The number of nitrogens with two attached hydrogens (primary N) is 1. The molecule has 0 saturated heterocycles. The third-order valence-corrected chi connectivity index (χ3v) is 4.76. The molecule has 4 heteroatoms. The highest BCUT2D eigenvalue weighted by atomic mass is 32.1. The molecule has 0 aliphatic heterocycles. The van der Waals surface area contributed by atoms with Crippen LogP contribution in [0.5, 0.6) is 0 Å². The van der Waals surface area contributed by atoms with Gasteiger partial charge in [-0.3, -0.25) is 0 Å². The summed E-state index contributed by atoms with van der Waals surface area (Å²) in [6.45, 7) is 4.21. The summed E-state index contributed by atoms with van der Waals surface area (Å²) in [5, 5.41) is 10.0. The Balaban J connectivity index is 2.04. The molecule has 1 aliphatic carbocycles. The first-order valence-corrected chi connectivity index (χ1v) is 7.84. The van der Waals surface area contributed by atoms with E-state index in [4.69, 9.17) is 16.0 Å². The molecule has 2 N–H and O–H groups in total. The quantitative estimate of drug-likeness (QED) is 0.860. The van der Waals surface area contributed by atoms with Crippen LogP contribution < -0.4 is 5.73 Å². The molecular weight excluding hydrogens is 278 g/mol. The second-order valence-electron chi connectivity index (χ2n) is 5.65. The molecule has 0 aromatic carbocycles. The number of anilines is 1. The van der Waals surface area contributed by atoms with Crippen molar-refractivity contribution in [3.8, 4) is 6.07 Å². The fourth-order valence-electron chi connectivity index (χ4n) is 2.61. The highest BCUT2D eigenvalue weighted by molar-refractivity contribution is 7.19. The lowest BCUT2D eigenvalue weighted by Gasteiger charge is -2.17. The summed E-state index contributed by atoms with van der Waals surface area (Å²) in [5.74, 6) is 0. The fraction of sp³-hybridized carbons (Fsp3) is 0.294. The zero-order valence-electron chi connectivity index (χ0n) is 12.2. The number of hydrogen-bond acceptors (Lipinski definition) is 4. The van der Waals surface area contributed by atoms with Crippen LogP contribution in [0, 0.1) is 11.3 Å². The number of nitrogens with zero attached hydrogens (tertiary/aromatic N) is 2. The van der Waals surface area contributed by atoms with Crippen LogP contribution in [0.25, 0.3) is 10.2 Å². The molecule has 0 radical (unpaired) electrons. The van der Waals surface area contributed by atoms with Crippen LogP contribution in [-0.2, 0) is 12.8 Å². The number of aromatic nitrogens is 1. The van der Waals surface area contributed by atoms with E-state index < -0.39 is 0 Å². The van der Waals surface area contributed by atoms with Crippen LogP contribution in [0.15, 0.2) is 29.4 Å². The van der Waals surface area contributed by atoms with E-state index in [0.717, 1.165) is 35.2 Å². The number of nitrogen functional groups attached to an aromatic ring is 1. The lowest BCUT2D eigenvalue weighted by molar-refractivity contribution is 0.810. The molecule has 0 saturated carbocycles. The van der Waals surface area contributed by atoms with E-state index in [2.05, 4.69) is 38.1 Å². The minimum atomic E-state index is 0.570. The zero-order valence-corrected chi connectivity index (χ0v) is 13.0. The van der Waals surface area contributed by atoms with Crippen molar-refractivity contribution in [1.82, 2.24) is 4.98 Å². The molecule has 2 aromatic rings. The number of rotatable bonds is 1. The van der Waals surface area contributed by atoms with Crippen LogP contribution >= 0.6 is 11.3 Å².